The van der Waals surface area contributed by atoms with Crippen LogP contribution in [0.1, 0.15) is 48.1 Å². The van der Waals surface area contributed by atoms with Crippen LogP contribution in [0.2, 0.25) is 0 Å². The van der Waals surface area contributed by atoms with Crippen molar-refractivity contribution in [3.63, 3.8) is 0 Å². The van der Waals surface area contributed by atoms with Crippen LogP contribution in [0.4, 0.5) is 0 Å². The lowest BCUT2D eigenvalue weighted by Crippen LogP contribution is -2.42. The lowest BCUT2D eigenvalue weighted by Gasteiger charge is -2.30. The summed E-state index contributed by atoms with van der Waals surface area (Å²) in [5, 5.41) is 4.70. The van der Waals surface area contributed by atoms with E-state index in [2.05, 4.69) is 17.4 Å². The Morgan fingerprint density at radius 3 is 2.81 bits per heavy atom. The number of para-hydroxylation sites is 1. The van der Waals surface area contributed by atoms with E-state index in [1.54, 1.807) is 16.3 Å². The topological polar surface area (TPSA) is 76.5 Å². The van der Waals surface area contributed by atoms with E-state index >= 15 is 0 Å². The Hall–Kier alpha value is -3.10. The minimum Gasteiger partial charge on any atom is -0.493 e. The zero-order valence-corrected chi connectivity index (χ0v) is 21.8. The molecule has 0 unspecified atom stereocenters. The molecular weight excluding hydrogens is 484 g/mol. The minimum absolute atomic E-state index is 0.0470. The van der Waals surface area contributed by atoms with Gasteiger partial charge in [-0.2, -0.15) is 0 Å². The average Bonchev–Trinajstić information content (AvgIpc) is 3.37. The summed E-state index contributed by atoms with van der Waals surface area (Å²) in [6, 6.07) is 16.0. The maximum absolute atomic E-state index is 13.7. The molecular formula is C29H32N4O3S. The Morgan fingerprint density at radius 2 is 2.00 bits per heavy atom. The molecule has 1 amide bonds. The van der Waals surface area contributed by atoms with Gasteiger partial charge in [0.1, 0.15) is 5.75 Å². The third kappa shape index (κ3) is 5.18. The number of aromatic nitrogens is 2. The summed E-state index contributed by atoms with van der Waals surface area (Å²) in [5.41, 5.74) is 4.74. The van der Waals surface area contributed by atoms with Crippen molar-refractivity contribution in [1.29, 1.82) is 0 Å². The lowest BCUT2D eigenvalue weighted by atomic mass is 10.0. The molecule has 8 heteroatoms. The molecule has 0 bridgehead atoms. The van der Waals surface area contributed by atoms with Crippen molar-refractivity contribution in [3.8, 4) is 11.4 Å². The van der Waals surface area contributed by atoms with Crippen molar-refractivity contribution < 1.29 is 9.53 Å². The van der Waals surface area contributed by atoms with E-state index in [9.17, 15) is 9.59 Å². The molecule has 1 N–H and O–H groups in total. The summed E-state index contributed by atoms with van der Waals surface area (Å²) in [5.74, 6) is 1.05. The molecule has 0 atom stereocenters. The second-order valence-corrected chi connectivity index (χ2v) is 11.3. The first-order valence-electron chi connectivity index (χ1n) is 13.3. The third-order valence-electron chi connectivity index (χ3n) is 7.49. The second kappa shape index (κ2) is 10.7. The van der Waals surface area contributed by atoms with E-state index in [1.165, 1.54) is 30.4 Å². The van der Waals surface area contributed by atoms with Crippen molar-refractivity contribution in [2.75, 3.05) is 19.7 Å². The largest absolute Gasteiger partial charge is 0.493 e. The van der Waals surface area contributed by atoms with Crippen LogP contribution < -0.4 is 15.6 Å². The highest BCUT2D eigenvalue weighted by Gasteiger charge is 2.28. The van der Waals surface area contributed by atoms with Gasteiger partial charge in [-0.3, -0.25) is 14.2 Å². The first-order chi connectivity index (χ1) is 18.2. The number of thioether (sulfide) groups is 1. The normalized spacial score (nSPS) is 16.6. The fraction of sp³-hybridized carbons (Fsp3) is 0.414. The number of nitrogens with one attached hydrogen (secondary N) is 1. The SMILES string of the molecule is O=C(CCNCc1ccc2c(c1)CCO2)N1CCc2nc(SC3CCC3)n(-c3ccccc3)c(=O)c2C1. The van der Waals surface area contributed by atoms with Crippen LogP contribution in [-0.4, -0.2) is 45.3 Å². The number of carbonyl (C=O) groups is 1. The molecule has 3 heterocycles. The quantitative estimate of drug-likeness (QED) is 0.362. The maximum Gasteiger partial charge on any atom is 0.264 e. The van der Waals surface area contributed by atoms with Gasteiger partial charge in [-0.05, 0) is 42.2 Å². The zero-order valence-electron chi connectivity index (χ0n) is 20.9. The Balaban J connectivity index is 1.12. The van der Waals surface area contributed by atoms with Gasteiger partial charge in [0, 0.05) is 44.1 Å². The summed E-state index contributed by atoms with van der Waals surface area (Å²) < 4.78 is 7.32. The van der Waals surface area contributed by atoms with Crippen LogP contribution in [0.3, 0.4) is 0 Å². The Labute approximate surface area is 221 Å². The molecule has 3 aliphatic rings. The summed E-state index contributed by atoms with van der Waals surface area (Å²) in [7, 11) is 0. The molecule has 2 aliphatic heterocycles. The fourth-order valence-electron chi connectivity index (χ4n) is 5.13. The van der Waals surface area contributed by atoms with Crippen molar-refractivity contribution in [3.05, 3.63) is 81.3 Å². The lowest BCUT2D eigenvalue weighted by molar-refractivity contribution is -0.132. The zero-order chi connectivity index (χ0) is 25.2. The number of hydrogen-bond acceptors (Lipinski definition) is 6. The summed E-state index contributed by atoms with van der Waals surface area (Å²) >= 11 is 1.72. The second-order valence-electron chi connectivity index (χ2n) is 10.00. The van der Waals surface area contributed by atoms with Crippen LogP contribution in [0.25, 0.3) is 5.69 Å². The molecule has 6 rings (SSSR count). The standard InChI is InChI=1S/C29H32N4O3S/c34-27(11-14-30-18-20-9-10-26-21(17-20)13-16-36-26)32-15-12-25-24(19-32)28(35)33(22-5-2-1-3-6-22)29(31-25)37-23-7-4-8-23/h1-3,5-6,9-10,17,23,30H,4,7-8,11-16,18-19H2. The highest BCUT2D eigenvalue weighted by atomic mass is 32.2. The van der Waals surface area contributed by atoms with Crippen LogP contribution in [0.15, 0.2) is 58.5 Å². The van der Waals surface area contributed by atoms with Gasteiger partial charge < -0.3 is 15.0 Å². The number of ether oxygens (including phenoxy) is 1. The third-order valence-corrected chi connectivity index (χ3v) is 8.78. The summed E-state index contributed by atoms with van der Waals surface area (Å²) in [4.78, 5) is 33.6. The number of nitrogens with zero attached hydrogens (tertiary/aromatic N) is 3. The number of amides is 1. The molecule has 0 saturated heterocycles. The highest BCUT2D eigenvalue weighted by Crippen LogP contribution is 2.36. The molecule has 192 valence electrons. The molecule has 1 aromatic heterocycles. The predicted octanol–water partition coefficient (Wildman–Crippen LogP) is 3.88. The van der Waals surface area contributed by atoms with E-state index in [0.29, 0.717) is 43.3 Å². The summed E-state index contributed by atoms with van der Waals surface area (Å²) in [6.07, 6.45) is 5.56. The first-order valence-corrected chi connectivity index (χ1v) is 14.1. The molecule has 0 spiro atoms. The number of rotatable bonds is 8. The molecule has 2 aromatic carbocycles. The molecule has 3 aromatic rings. The van der Waals surface area contributed by atoms with Gasteiger partial charge >= 0.3 is 0 Å². The van der Waals surface area contributed by atoms with E-state index in [0.717, 1.165) is 41.9 Å². The number of benzene rings is 2. The molecule has 37 heavy (non-hydrogen) atoms. The van der Waals surface area contributed by atoms with Gasteiger partial charge in [0.25, 0.3) is 5.56 Å². The van der Waals surface area contributed by atoms with E-state index in [4.69, 9.17) is 9.72 Å². The number of carbonyl (C=O) groups excluding carboxylic acids is 1. The van der Waals surface area contributed by atoms with Crippen molar-refractivity contribution in [1.82, 2.24) is 19.8 Å². The molecule has 1 aliphatic carbocycles. The molecule has 1 saturated carbocycles. The summed E-state index contributed by atoms with van der Waals surface area (Å²) in [6.45, 7) is 3.00. The average molecular weight is 517 g/mol. The van der Waals surface area contributed by atoms with Crippen molar-refractivity contribution >= 4 is 17.7 Å². The first kappa shape index (κ1) is 24.2. The fourth-order valence-corrected chi connectivity index (χ4v) is 6.45. The van der Waals surface area contributed by atoms with Crippen molar-refractivity contribution in [2.24, 2.45) is 0 Å². The van der Waals surface area contributed by atoms with Crippen LogP contribution in [-0.2, 0) is 30.7 Å². The van der Waals surface area contributed by atoms with Gasteiger partial charge in [-0.15, -0.1) is 0 Å². The van der Waals surface area contributed by atoms with Gasteiger partial charge in [0.15, 0.2) is 5.16 Å². The van der Waals surface area contributed by atoms with Gasteiger partial charge in [-0.25, -0.2) is 4.98 Å². The Bertz CT molecular complexity index is 1350. The number of hydrogen-bond donors (Lipinski definition) is 1. The van der Waals surface area contributed by atoms with Gasteiger partial charge in [-0.1, -0.05) is 48.5 Å². The predicted molar refractivity (Wildman–Crippen MR) is 144 cm³/mol. The molecule has 7 nitrogen and oxygen atoms in total. The van der Waals surface area contributed by atoms with E-state index in [1.807, 2.05) is 41.3 Å². The monoisotopic (exact) mass is 516 g/mol. The molecule has 1 fully saturated rings. The van der Waals surface area contributed by atoms with Crippen LogP contribution in [0.5, 0.6) is 5.75 Å². The van der Waals surface area contributed by atoms with Crippen LogP contribution in [0, 0.1) is 0 Å². The van der Waals surface area contributed by atoms with E-state index in [-0.39, 0.29) is 11.5 Å². The Morgan fingerprint density at radius 1 is 1.14 bits per heavy atom. The smallest absolute Gasteiger partial charge is 0.264 e. The minimum atomic E-state index is -0.0470. The van der Waals surface area contributed by atoms with Gasteiger partial charge in [0.2, 0.25) is 5.91 Å². The Kier molecular flexibility index (Phi) is 7.02. The van der Waals surface area contributed by atoms with Crippen LogP contribution >= 0.6 is 11.8 Å². The maximum atomic E-state index is 13.7. The highest BCUT2D eigenvalue weighted by molar-refractivity contribution is 7.99. The number of fused-ring (bicyclic) bond motifs is 2. The van der Waals surface area contributed by atoms with Gasteiger partial charge in [0.05, 0.1) is 30.1 Å². The molecule has 0 radical (unpaired) electrons. The van der Waals surface area contributed by atoms with E-state index < -0.39 is 0 Å². The van der Waals surface area contributed by atoms with Crippen molar-refractivity contribution in [2.45, 2.75) is 62.0 Å².